The van der Waals surface area contributed by atoms with Gasteiger partial charge in [-0.25, -0.2) is 9.97 Å². The Balaban J connectivity index is 1.93. The molecule has 7 heteroatoms. The quantitative estimate of drug-likeness (QED) is 0.937. The number of alkyl halides is 3. The normalized spacial score (nSPS) is 19.7. The predicted octanol–water partition coefficient (Wildman–Crippen LogP) is 3.54. The monoisotopic (exact) mass is 324 g/mol. The van der Waals surface area contributed by atoms with Gasteiger partial charge in [-0.2, -0.15) is 13.2 Å². The largest absolute Gasteiger partial charge is 0.451 e. The van der Waals surface area contributed by atoms with Crippen LogP contribution in [-0.4, -0.2) is 40.0 Å². The van der Waals surface area contributed by atoms with E-state index in [1.807, 2.05) is 0 Å². The number of fused-ring (bicyclic) bond motifs is 1. The van der Waals surface area contributed by atoms with Crippen LogP contribution in [-0.2, 0) is 6.18 Å². The topological polar surface area (TPSA) is 41.0 Å². The molecule has 1 aliphatic heterocycles. The molecule has 1 atom stereocenters. The van der Waals surface area contributed by atoms with Crippen LogP contribution >= 0.6 is 0 Å². The summed E-state index contributed by atoms with van der Waals surface area (Å²) in [4.78, 5) is 9.68. The third-order valence-electron chi connectivity index (χ3n) is 4.15. The minimum absolute atomic E-state index is 0.0942. The third-order valence-corrected chi connectivity index (χ3v) is 4.15. The lowest BCUT2D eigenvalue weighted by Gasteiger charge is -2.21. The second kappa shape index (κ2) is 5.96. The van der Waals surface area contributed by atoms with E-state index in [0.717, 1.165) is 19.5 Å². The maximum Gasteiger partial charge on any atom is 0.451 e. The fraction of sp³-hybridized carbons (Fsp3) is 0.500. The first-order valence-corrected chi connectivity index (χ1v) is 7.69. The molecule has 0 amide bonds. The highest BCUT2D eigenvalue weighted by Gasteiger charge is 2.36. The van der Waals surface area contributed by atoms with Crippen molar-refractivity contribution in [2.75, 3.05) is 18.4 Å². The second-order valence-corrected chi connectivity index (χ2v) is 6.13. The Bertz CT molecular complexity index is 699. The smallest absolute Gasteiger partial charge is 0.365 e. The van der Waals surface area contributed by atoms with Crippen LogP contribution in [0.5, 0.6) is 0 Å². The van der Waals surface area contributed by atoms with Crippen LogP contribution < -0.4 is 5.32 Å². The van der Waals surface area contributed by atoms with Gasteiger partial charge in [0.2, 0.25) is 5.82 Å². The number of nitrogens with zero attached hydrogens (tertiary/aromatic N) is 3. The maximum absolute atomic E-state index is 13.0. The summed E-state index contributed by atoms with van der Waals surface area (Å²) in [7, 11) is 0. The first-order chi connectivity index (χ1) is 10.8. The molecule has 2 aromatic rings. The number of anilines is 1. The van der Waals surface area contributed by atoms with Gasteiger partial charge in [0, 0.05) is 30.6 Å². The number of benzene rings is 1. The highest BCUT2D eigenvalue weighted by molar-refractivity contribution is 5.89. The Morgan fingerprint density at radius 2 is 1.96 bits per heavy atom. The summed E-state index contributed by atoms with van der Waals surface area (Å²) in [5, 5.41) is 3.80. The summed E-state index contributed by atoms with van der Waals surface area (Å²) >= 11 is 0. The summed E-state index contributed by atoms with van der Waals surface area (Å²) in [6, 6.07) is 7.29. The molecule has 1 aromatic heterocycles. The molecule has 1 fully saturated rings. The van der Waals surface area contributed by atoms with E-state index in [4.69, 9.17) is 0 Å². The molecule has 2 heterocycles. The molecule has 0 spiro atoms. The lowest BCUT2D eigenvalue weighted by Crippen LogP contribution is -2.31. The summed E-state index contributed by atoms with van der Waals surface area (Å²) < 4.78 is 39.0. The van der Waals surface area contributed by atoms with E-state index < -0.39 is 12.0 Å². The average Bonchev–Trinajstić information content (AvgIpc) is 2.95. The van der Waals surface area contributed by atoms with Crippen LogP contribution in [0.25, 0.3) is 10.9 Å². The number of para-hydroxylation sites is 1. The molecule has 1 aromatic carbocycles. The van der Waals surface area contributed by atoms with Gasteiger partial charge in [-0.1, -0.05) is 12.1 Å². The van der Waals surface area contributed by atoms with E-state index in [9.17, 15) is 13.2 Å². The van der Waals surface area contributed by atoms with Gasteiger partial charge in [0.1, 0.15) is 5.82 Å². The highest BCUT2D eigenvalue weighted by atomic mass is 19.4. The molecule has 0 unspecified atom stereocenters. The van der Waals surface area contributed by atoms with Crippen LogP contribution in [0.1, 0.15) is 26.1 Å². The molecular weight excluding hydrogens is 305 g/mol. The lowest BCUT2D eigenvalue weighted by molar-refractivity contribution is -0.144. The van der Waals surface area contributed by atoms with Crippen LogP contribution in [0.3, 0.4) is 0 Å². The molecule has 0 radical (unpaired) electrons. The van der Waals surface area contributed by atoms with E-state index in [0.29, 0.717) is 16.9 Å². The molecule has 23 heavy (non-hydrogen) atoms. The van der Waals surface area contributed by atoms with Crippen molar-refractivity contribution in [1.82, 2.24) is 14.9 Å². The first kappa shape index (κ1) is 16.0. The van der Waals surface area contributed by atoms with E-state index >= 15 is 0 Å². The Kier molecular flexibility index (Phi) is 4.14. The van der Waals surface area contributed by atoms with Gasteiger partial charge in [0.15, 0.2) is 0 Å². The summed E-state index contributed by atoms with van der Waals surface area (Å²) in [5.74, 6) is -0.837. The molecule has 1 saturated heterocycles. The molecule has 124 valence electrons. The SMILES string of the molecule is CC(C)N1CC[C@H](Nc2nc(C(F)(F)F)nc3ccccc23)C1. The van der Waals surface area contributed by atoms with Gasteiger partial charge in [0.25, 0.3) is 0 Å². The Hall–Kier alpha value is -1.89. The van der Waals surface area contributed by atoms with Gasteiger partial charge in [-0.3, -0.25) is 4.90 Å². The highest BCUT2D eigenvalue weighted by Crippen LogP contribution is 2.31. The standard InChI is InChI=1S/C16H19F3N4/c1-10(2)23-8-7-11(9-23)20-14-12-5-3-4-6-13(12)21-15(22-14)16(17,18)19/h3-6,10-11H,7-9H2,1-2H3,(H,20,21,22)/t11-/m0/s1. The van der Waals surface area contributed by atoms with E-state index in [1.165, 1.54) is 0 Å². The van der Waals surface area contributed by atoms with Gasteiger partial charge in [0.05, 0.1) is 5.52 Å². The van der Waals surface area contributed by atoms with E-state index in [2.05, 4.69) is 34.0 Å². The number of hydrogen-bond donors (Lipinski definition) is 1. The van der Waals surface area contributed by atoms with Gasteiger partial charge in [-0.15, -0.1) is 0 Å². The first-order valence-electron chi connectivity index (χ1n) is 7.69. The van der Waals surface area contributed by atoms with Crippen molar-refractivity contribution in [3.8, 4) is 0 Å². The molecule has 1 aliphatic rings. The summed E-state index contributed by atoms with van der Waals surface area (Å²) in [6.07, 6.45) is -3.67. The molecule has 0 bridgehead atoms. The number of aromatic nitrogens is 2. The van der Waals surface area contributed by atoms with Crippen molar-refractivity contribution in [3.63, 3.8) is 0 Å². The molecular formula is C16H19F3N4. The van der Waals surface area contributed by atoms with Crippen LogP contribution in [0, 0.1) is 0 Å². The van der Waals surface area contributed by atoms with Crippen molar-refractivity contribution < 1.29 is 13.2 Å². The third kappa shape index (κ3) is 3.39. The maximum atomic E-state index is 13.0. The fourth-order valence-electron chi connectivity index (χ4n) is 2.88. The van der Waals surface area contributed by atoms with Gasteiger partial charge in [-0.05, 0) is 32.4 Å². The van der Waals surface area contributed by atoms with Crippen molar-refractivity contribution in [2.24, 2.45) is 0 Å². The van der Waals surface area contributed by atoms with E-state index in [-0.39, 0.29) is 11.9 Å². The fourth-order valence-corrected chi connectivity index (χ4v) is 2.88. The number of likely N-dealkylation sites (tertiary alicyclic amines) is 1. The zero-order valence-electron chi connectivity index (χ0n) is 13.1. The van der Waals surface area contributed by atoms with Crippen LogP contribution in [0.2, 0.25) is 0 Å². The Morgan fingerprint density at radius 1 is 1.22 bits per heavy atom. The number of halogens is 3. The van der Waals surface area contributed by atoms with Crippen LogP contribution in [0.15, 0.2) is 24.3 Å². The summed E-state index contributed by atoms with van der Waals surface area (Å²) in [5.41, 5.74) is 0.302. The Morgan fingerprint density at radius 3 is 2.61 bits per heavy atom. The summed E-state index contributed by atoms with van der Waals surface area (Å²) in [6.45, 7) is 5.97. The number of nitrogens with one attached hydrogen (secondary N) is 1. The molecule has 0 aliphatic carbocycles. The van der Waals surface area contributed by atoms with Crippen molar-refractivity contribution in [3.05, 3.63) is 30.1 Å². The average molecular weight is 324 g/mol. The minimum Gasteiger partial charge on any atom is -0.365 e. The van der Waals surface area contributed by atoms with Crippen molar-refractivity contribution in [2.45, 2.75) is 38.5 Å². The zero-order valence-corrected chi connectivity index (χ0v) is 13.1. The zero-order chi connectivity index (χ0) is 16.6. The molecule has 1 N–H and O–H groups in total. The van der Waals surface area contributed by atoms with Gasteiger partial charge >= 0.3 is 6.18 Å². The number of rotatable bonds is 3. The second-order valence-electron chi connectivity index (χ2n) is 6.13. The van der Waals surface area contributed by atoms with Crippen molar-refractivity contribution in [1.29, 1.82) is 0 Å². The van der Waals surface area contributed by atoms with Crippen molar-refractivity contribution >= 4 is 16.7 Å². The van der Waals surface area contributed by atoms with Crippen LogP contribution in [0.4, 0.5) is 19.0 Å². The van der Waals surface area contributed by atoms with Gasteiger partial charge < -0.3 is 5.32 Å². The molecule has 3 rings (SSSR count). The predicted molar refractivity (Wildman–Crippen MR) is 83.3 cm³/mol. The lowest BCUT2D eigenvalue weighted by atomic mass is 10.2. The van der Waals surface area contributed by atoms with E-state index in [1.54, 1.807) is 24.3 Å². The molecule has 4 nitrogen and oxygen atoms in total. The Labute approximate surface area is 132 Å². The minimum atomic E-state index is -4.56. The number of hydrogen-bond acceptors (Lipinski definition) is 4. The molecule has 0 saturated carbocycles.